The van der Waals surface area contributed by atoms with Crippen LogP contribution in [0.2, 0.25) is 0 Å². The van der Waals surface area contributed by atoms with Gasteiger partial charge < -0.3 is 10.5 Å². The van der Waals surface area contributed by atoms with E-state index in [4.69, 9.17) is 15.7 Å². The lowest BCUT2D eigenvalue weighted by atomic mass is 10.2. The number of aromatic nitrogens is 1. The van der Waals surface area contributed by atoms with Crippen molar-refractivity contribution in [3.63, 3.8) is 0 Å². The molecule has 0 saturated heterocycles. The molecule has 1 heterocycles. The number of ether oxygens (including phenoxy) is 1. The number of para-hydroxylation sites is 1. The fraction of sp³-hybridized carbons (Fsp3) is 0.0769. The third kappa shape index (κ3) is 3.77. The highest BCUT2D eigenvalue weighted by atomic mass is 32.1. The van der Waals surface area contributed by atoms with E-state index in [1.54, 1.807) is 24.3 Å². The molecule has 0 aliphatic heterocycles. The van der Waals surface area contributed by atoms with Gasteiger partial charge in [0.25, 0.3) is 11.8 Å². The Bertz CT molecular complexity index is 720. The first kappa shape index (κ1) is 14.5. The van der Waals surface area contributed by atoms with Gasteiger partial charge in [0, 0.05) is 0 Å². The van der Waals surface area contributed by atoms with Crippen molar-refractivity contribution in [1.29, 1.82) is 5.26 Å². The van der Waals surface area contributed by atoms with Crippen LogP contribution in [-0.4, -0.2) is 23.4 Å². The van der Waals surface area contributed by atoms with E-state index < -0.39 is 11.8 Å². The Kier molecular flexibility index (Phi) is 4.48. The van der Waals surface area contributed by atoms with Crippen LogP contribution in [0.5, 0.6) is 5.75 Å². The van der Waals surface area contributed by atoms with Crippen molar-refractivity contribution in [2.75, 3.05) is 11.9 Å². The molecular formula is C13H10N4O3S. The van der Waals surface area contributed by atoms with Crippen LogP contribution in [0.25, 0.3) is 0 Å². The lowest BCUT2D eigenvalue weighted by molar-refractivity contribution is -0.119. The molecule has 2 rings (SSSR count). The van der Waals surface area contributed by atoms with Gasteiger partial charge in [-0.1, -0.05) is 23.5 Å². The molecule has 8 heteroatoms. The summed E-state index contributed by atoms with van der Waals surface area (Å²) < 4.78 is 5.18. The third-order valence-corrected chi connectivity index (χ3v) is 3.16. The van der Waals surface area contributed by atoms with Crippen LogP contribution in [0.3, 0.4) is 0 Å². The van der Waals surface area contributed by atoms with Crippen molar-refractivity contribution in [1.82, 2.24) is 4.98 Å². The van der Waals surface area contributed by atoms with E-state index in [1.165, 1.54) is 6.20 Å². The first-order valence-electron chi connectivity index (χ1n) is 5.77. The molecule has 0 fully saturated rings. The van der Waals surface area contributed by atoms with E-state index in [0.29, 0.717) is 10.0 Å². The number of rotatable bonds is 5. The van der Waals surface area contributed by atoms with Gasteiger partial charge in [0.15, 0.2) is 11.7 Å². The van der Waals surface area contributed by atoms with Crippen LogP contribution >= 0.6 is 11.3 Å². The average Bonchev–Trinajstić information content (AvgIpc) is 2.93. The number of nitrogens with two attached hydrogens (primary N) is 1. The highest BCUT2D eigenvalue weighted by Crippen LogP contribution is 2.22. The minimum Gasteiger partial charge on any atom is -0.483 e. The molecule has 1 aromatic carbocycles. The number of primary amides is 1. The minimum atomic E-state index is -0.635. The Balaban J connectivity index is 2.15. The van der Waals surface area contributed by atoms with E-state index in [-0.39, 0.29) is 17.9 Å². The molecule has 0 bridgehead atoms. The SMILES string of the molecule is N#Cc1cnc(NC(=O)c2ccccc2OCC(N)=O)s1. The smallest absolute Gasteiger partial charge is 0.261 e. The number of nitrogens with zero attached hydrogens (tertiary/aromatic N) is 2. The summed E-state index contributed by atoms with van der Waals surface area (Å²) in [6, 6.07) is 8.37. The maximum absolute atomic E-state index is 12.2. The predicted molar refractivity (Wildman–Crippen MR) is 75.9 cm³/mol. The number of carbonyl (C=O) groups excluding carboxylic acids is 2. The number of carbonyl (C=O) groups is 2. The summed E-state index contributed by atoms with van der Waals surface area (Å²) in [6.07, 6.45) is 1.37. The Hall–Kier alpha value is -2.92. The molecular weight excluding hydrogens is 292 g/mol. The van der Waals surface area contributed by atoms with Crippen molar-refractivity contribution in [3.05, 3.63) is 40.9 Å². The van der Waals surface area contributed by atoms with Crippen LogP contribution in [0.15, 0.2) is 30.5 Å². The molecule has 0 aliphatic rings. The van der Waals surface area contributed by atoms with Crippen LogP contribution < -0.4 is 15.8 Å². The average molecular weight is 302 g/mol. The monoisotopic (exact) mass is 302 g/mol. The number of hydrogen-bond acceptors (Lipinski definition) is 6. The highest BCUT2D eigenvalue weighted by molar-refractivity contribution is 7.16. The quantitative estimate of drug-likeness (QED) is 0.858. The lowest BCUT2D eigenvalue weighted by Gasteiger charge is -2.09. The molecule has 0 aliphatic carbocycles. The molecule has 106 valence electrons. The summed E-state index contributed by atoms with van der Waals surface area (Å²) in [5.41, 5.74) is 5.25. The van der Waals surface area contributed by atoms with Gasteiger partial charge in [0.2, 0.25) is 0 Å². The molecule has 21 heavy (non-hydrogen) atoms. The number of hydrogen-bond donors (Lipinski definition) is 2. The Morgan fingerprint density at radius 1 is 1.43 bits per heavy atom. The van der Waals surface area contributed by atoms with Crippen molar-refractivity contribution < 1.29 is 14.3 Å². The summed E-state index contributed by atoms with van der Waals surface area (Å²) in [7, 11) is 0. The van der Waals surface area contributed by atoms with Crippen LogP contribution in [0, 0.1) is 11.3 Å². The maximum Gasteiger partial charge on any atom is 0.261 e. The molecule has 2 aromatic rings. The lowest BCUT2D eigenvalue weighted by Crippen LogP contribution is -2.21. The molecule has 1 aromatic heterocycles. The normalized spacial score (nSPS) is 9.67. The fourth-order valence-corrected chi connectivity index (χ4v) is 2.09. The number of thiazole rings is 1. The van der Waals surface area contributed by atoms with Crippen molar-refractivity contribution in [2.24, 2.45) is 5.73 Å². The minimum absolute atomic E-state index is 0.242. The van der Waals surface area contributed by atoms with Gasteiger partial charge in [-0.25, -0.2) is 4.98 Å². The van der Waals surface area contributed by atoms with Gasteiger partial charge in [-0.2, -0.15) is 5.26 Å². The van der Waals surface area contributed by atoms with Gasteiger partial charge in [-0.15, -0.1) is 0 Å². The molecule has 7 nitrogen and oxygen atoms in total. The van der Waals surface area contributed by atoms with E-state index >= 15 is 0 Å². The Labute approximate surface area is 124 Å². The number of amides is 2. The second kappa shape index (κ2) is 6.49. The number of benzene rings is 1. The highest BCUT2D eigenvalue weighted by Gasteiger charge is 2.14. The van der Waals surface area contributed by atoms with E-state index in [0.717, 1.165) is 11.3 Å². The zero-order valence-electron chi connectivity index (χ0n) is 10.7. The van der Waals surface area contributed by atoms with Gasteiger partial charge in [-0.3, -0.25) is 14.9 Å². The Morgan fingerprint density at radius 2 is 2.19 bits per heavy atom. The summed E-state index contributed by atoms with van der Waals surface area (Å²) >= 11 is 1.06. The number of anilines is 1. The molecule has 2 amide bonds. The second-order valence-corrected chi connectivity index (χ2v) is 4.88. The molecule has 0 radical (unpaired) electrons. The second-order valence-electron chi connectivity index (χ2n) is 3.85. The molecule has 0 spiro atoms. The Morgan fingerprint density at radius 3 is 2.86 bits per heavy atom. The largest absolute Gasteiger partial charge is 0.483 e. The van der Waals surface area contributed by atoms with E-state index in [1.807, 2.05) is 6.07 Å². The topological polar surface area (TPSA) is 118 Å². The van der Waals surface area contributed by atoms with Crippen molar-refractivity contribution in [2.45, 2.75) is 0 Å². The molecule has 3 N–H and O–H groups in total. The zero-order chi connectivity index (χ0) is 15.2. The standard InChI is InChI=1S/C13H10N4O3S/c14-5-8-6-16-13(21-8)17-12(19)9-3-1-2-4-10(9)20-7-11(15)18/h1-4,6H,7H2,(H2,15,18)(H,16,17,19). The van der Waals surface area contributed by atoms with E-state index in [9.17, 15) is 9.59 Å². The third-order valence-electron chi connectivity index (χ3n) is 2.34. The summed E-state index contributed by atoms with van der Waals surface area (Å²) in [5.74, 6) is -0.844. The van der Waals surface area contributed by atoms with Gasteiger partial charge in [0.05, 0.1) is 11.8 Å². The van der Waals surface area contributed by atoms with E-state index in [2.05, 4.69) is 10.3 Å². The van der Waals surface area contributed by atoms with Gasteiger partial charge in [-0.05, 0) is 12.1 Å². The first-order valence-corrected chi connectivity index (χ1v) is 6.59. The van der Waals surface area contributed by atoms with Gasteiger partial charge >= 0.3 is 0 Å². The number of nitriles is 1. The zero-order valence-corrected chi connectivity index (χ0v) is 11.5. The molecule has 0 saturated carbocycles. The predicted octanol–water partition coefficient (Wildman–Crippen LogP) is 1.13. The summed E-state index contributed by atoms with van der Waals surface area (Å²) in [4.78, 5) is 27.2. The summed E-state index contributed by atoms with van der Waals surface area (Å²) in [5, 5.41) is 11.6. The van der Waals surface area contributed by atoms with Crippen molar-refractivity contribution >= 4 is 28.3 Å². The first-order chi connectivity index (χ1) is 10.1. The van der Waals surface area contributed by atoms with Crippen LogP contribution in [0.1, 0.15) is 15.2 Å². The molecule has 0 unspecified atom stereocenters. The molecule has 0 atom stereocenters. The van der Waals surface area contributed by atoms with Gasteiger partial charge in [0.1, 0.15) is 16.7 Å². The van der Waals surface area contributed by atoms with Crippen LogP contribution in [0.4, 0.5) is 5.13 Å². The fourth-order valence-electron chi connectivity index (χ4n) is 1.48. The maximum atomic E-state index is 12.2. The summed E-state index contributed by atoms with van der Waals surface area (Å²) in [6.45, 7) is -0.319. The van der Waals surface area contributed by atoms with Crippen LogP contribution in [-0.2, 0) is 4.79 Å². The van der Waals surface area contributed by atoms with Crippen molar-refractivity contribution in [3.8, 4) is 11.8 Å². The number of nitrogens with one attached hydrogen (secondary N) is 1.